The molecule has 0 amide bonds. The van der Waals surface area contributed by atoms with Gasteiger partial charge < -0.3 is 15.3 Å². The first-order chi connectivity index (χ1) is 14.1. The van der Waals surface area contributed by atoms with Crippen LogP contribution >= 0.6 is 0 Å². The molecule has 0 spiro atoms. The summed E-state index contributed by atoms with van der Waals surface area (Å²) in [5, 5.41) is 31.7. The Hall–Kier alpha value is -3.46. The SMILES string of the molecule is Oc1cc(CCc2ccc(O)c(O)c2)cc(CCc2ccc3ccccc3c2)c1. The van der Waals surface area contributed by atoms with Crippen molar-refractivity contribution in [1.29, 1.82) is 0 Å². The third-order valence-corrected chi connectivity index (χ3v) is 5.30. The van der Waals surface area contributed by atoms with E-state index in [1.165, 1.54) is 22.4 Å². The fourth-order valence-corrected chi connectivity index (χ4v) is 3.73. The van der Waals surface area contributed by atoms with Gasteiger partial charge in [0, 0.05) is 0 Å². The number of hydrogen-bond donors (Lipinski definition) is 3. The lowest BCUT2D eigenvalue weighted by Crippen LogP contribution is -1.96. The molecular weight excluding hydrogens is 360 g/mol. The molecule has 0 atom stereocenters. The third-order valence-electron chi connectivity index (χ3n) is 5.30. The number of aryl methyl sites for hydroxylation is 4. The highest BCUT2D eigenvalue weighted by molar-refractivity contribution is 5.83. The fourth-order valence-electron chi connectivity index (χ4n) is 3.73. The minimum atomic E-state index is -0.109. The summed E-state index contributed by atoms with van der Waals surface area (Å²) in [6.07, 6.45) is 3.25. The standard InChI is InChI=1S/C26H24O3/c27-24-15-20(7-5-18-9-11-22-3-1-2-4-23(22)14-18)13-21(16-24)8-6-19-10-12-25(28)26(29)17-19/h1-4,9-17,27-29H,5-8H2. The average Bonchev–Trinajstić information content (AvgIpc) is 2.72. The van der Waals surface area contributed by atoms with E-state index < -0.39 is 0 Å². The van der Waals surface area contributed by atoms with Gasteiger partial charge in [0.1, 0.15) is 5.75 Å². The van der Waals surface area contributed by atoms with Crippen molar-refractivity contribution in [2.75, 3.05) is 0 Å². The topological polar surface area (TPSA) is 60.7 Å². The number of fused-ring (bicyclic) bond motifs is 1. The molecule has 3 nitrogen and oxygen atoms in total. The fraction of sp³-hybridized carbons (Fsp3) is 0.154. The maximum absolute atomic E-state index is 10.1. The maximum Gasteiger partial charge on any atom is 0.157 e. The zero-order chi connectivity index (χ0) is 20.2. The average molecular weight is 384 g/mol. The monoisotopic (exact) mass is 384 g/mol. The van der Waals surface area contributed by atoms with Crippen molar-refractivity contribution in [1.82, 2.24) is 0 Å². The molecule has 4 rings (SSSR count). The molecule has 0 fully saturated rings. The van der Waals surface area contributed by atoms with E-state index >= 15 is 0 Å². The lowest BCUT2D eigenvalue weighted by molar-refractivity contribution is 0.403. The molecule has 0 aliphatic heterocycles. The number of phenolic OH excluding ortho intramolecular Hbond substituents is 3. The molecule has 4 aromatic rings. The van der Waals surface area contributed by atoms with Crippen LogP contribution in [0.25, 0.3) is 10.8 Å². The summed E-state index contributed by atoms with van der Waals surface area (Å²) in [5.41, 5.74) is 4.40. The molecular formula is C26H24O3. The van der Waals surface area contributed by atoms with Crippen molar-refractivity contribution < 1.29 is 15.3 Å². The van der Waals surface area contributed by atoms with Gasteiger partial charge in [0.2, 0.25) is 0 Å². The smallest absolute Gasteiger partial charge is 0.157 e. The summed E-state index contributed by atoms with van der Waals surface area (Å²) in [4.78, 5) is 0. The second-order valence-electron chi connectivity index (χ2n) is 7.51. The van der Waals surface area contributed by atoms with E-state index in [-0.39, 0.29) is 17.2 Å². The van der Waals surface area contributed by atoms with Gasteiger partial charge in [0.15, 0.2) is 11.5 Å². The van der Waals surface area contributed by atoms with E-state index in [1.54, 1.807) is 18.2 Å². The Morgan fingerprint density at radius 3 is 1.72 bits per heavy atom. The van der Waals surface area contributed by atoms with E-state index in [0.29, 0.717) is 0 Å². The predicted octanol–water partition coefficient (Wildman–Crippen LogP) is 5.53. The first-order valence-electron chi connectivity index (χ1n) is 9.87. The van der Waals surface area contributed by atoms with Crippen molar-refractivity contribution in [3.05, 3.63) is 101 Å². The van der Waals surface area contributed by atoms with Gasteiger partial charge in [-0.05, 0) is 83.0 Å². The number of aromatic hydroxyl groups is 3. The number of hydrogen-bond acceptors (Lipinski definition) is 3. The number of rotatable bonds is 6. The van der Waals surface area contributed by atoms with E-state index in [4.69, 9.17) is 0 Å². The Kier molecular flexibility index (Phi) is 5.39. The van der Waals surface area contributed by atoms with Crippen LogP contribution in [0.1, 0.15) is 22.3 Å². The van der Waals surface area contributed by atoms with E-state index in [0.717, 1.165) is 42.4 Å². The van der Waals surface area contributed by atoms with Crippen LogP contribution in [0, 0.1) is 0 Å². The molecule has 0 heterocycles. The Balaban J connectivity index is 1.43. The molecule has 0 bridgehead atoms. The summed E-state index contributed by atoms with van der Waals surface area (Å²) in [6, 6.07) is 25.6. The van der Waals surface area contributed by atoms with Crippen molar-refractivity contribution in [2.24, 2.45) is 0 Å². The van der Waals surface area contributed by atoms with Gasteiger partial charge in [0.25, 0.3) is 0 Å². The highest BCUT2D eigenvalue weighted by atomic mass is 16.3. The third kappa shape index (κ3) is 4.69. The van der Waals surface area contributed by atoms with Crippen LogP contribution in [0.3, 0.4) is 0 Å². The first kappa shape index (κ1) is 18.9. The predicted molar refractivity (Wildman–Crippen MR) is 117 cm³/mol. The molecule has 0 saturated carbocycles. The van der Waals surface area contributed by atoms with E-state index in [2.05, 4.69) is 48.5 Å². The summed E-state index contributed by atoms with van der Waals surface area (Å²) >= 11 is 0. The number of phenols is 3. The molecule has 0 saturated heterocycles. The summed E-state index contributed by atoms with van der Waals surface area (Å²) in [5.74, 6) is 0.0705. The van der Waals surface area contributed by atoms with Crippen molar-refractivity contribution in [3.8, 4) is 17.2 Å². The largest absolute Gasteiger partial charge is 0.508 e. The molecule has 29 heavy (non-hydrogen) atoms. The van der Waals surface area contributed by atoms with Crippen molar-refractivity contribution in [2.45, 2.75) is 25.7 Å². The highest BCUT2D eigenvalue weighted by Gasteiger charge is 2.05. The van der Waals surface area contributed by atoms with Gasteiger partial charge in [-0.25, -0.2) is 0 Å². The Morgan fingerprint density at radius 1 is 0.448 bits per heavy atom. The van der Waals surface area contributed by atoms with Crippen molar-refractivity contribution >= 4 is 10.8 Å². The Labute approximate surface area is 170 Å². The number of benzene rings is 4. The second-order valence-corrected chi connectivity index (χ2v) is 7.51. The van der Waals surface area contributed by atoms with Gasteiger partial charge in [-0.3, -0.25) is 0 Å². The minimum absolute atomic E-state index is 0.102. The lowest BCUT2D eigenvalue weighted by atomic mass is 9.98. The normalized spacial score (nSPS) is 11.0. The molecule has 0 unspecified atom stereocenters. The summed E-state index contributed by atoms with van der Waals surface area (Å²) < 4.78 is 0. The van der Waals surface area contributed by atoms with Crippen LogP contribution in [0.2, 0.25) is 0 Å². The summed E-state index contributed by atoms with van der Waals surface area (Å²) in [6.45, 7) is 0. The van der Waals surface area contributed by atoms with Crippen molar-refractivity contribution in [3.63, 3.8) is 0 Å². The van der Waals surface area contributed by atoms with Crippen LogP contribution in [-0.4, -0.2) is 15.3 Å². The quantitative estimate of drug-likeness (QED) is 0.383. The van der Waals surface area contributed by atoms with Gasteiger partial charge in [-0.15, -0.1) is 0 Å². The second kappa shape index (κ2) is 8.27. The first-order valence-corrected chi connectivity index (χ1v) is 9.87. The zero-order valence-corrected chi connectivity index (χ0v) is 16.2. The molecule has 0 aliphatic carbocycles. The van der Waals surface area contributed by atoms with Crippen LogP contribution in [0.4, 0.5) is 0 Å². The van der Waals surface area contributed by atoms with Gasteiger partial charge in [-0.1, -0.05) is 54.6 Å². The Bertz CT molecular complexity index is 1150. The van der Waals surface area contributed by atoms with Crippen LogP contribution in [-0.2, 0) is 25.7 Å². The van der Waals surface area contributed by atoms with Gasteiger partial charge >= 0.3 is 0 Å². The van der Waals surface area contributed by atoms with Gasteiger partial charge in [0.05, 0.1) is 0 Å². The molecule has 0 aromatic heterocycles. The molecule has 0 aliphatic rings. The molecule has 146 valence electrons. The molecule has 4 aromatic carbocycles. The molecule has 3 heteroatoms. The van der Waals surface area contributed by atoms with Crippen LogP contribution < -0.4 is 0 Å². The van der Waals surface area contributed by atoms with E-state index in [9.17, 15) is 15.3 Å². The zero-order valence-electron chi connectivity index (χ0n) is 16.2. The van der Waals surface area contributed by atoms with E-state index in [1.807, 2.05) is 6.07 Å². The van der Waals surface area contributed by atoms with Crippen LogP contribution in [0.15, 0.2) is 78.9 Å². The molecule has 0 radical (unpaired) electrons. The summed E-state index contributed by atoms with van der Waals surface area (Å²) in [7, 11) is 0. The Morgan fingerprint density at radius 2 is 1.03 bits per heavy atom. The van der Waals surface area contributed by atoms with Gasteiger partial charge in [-0.2, -0.15) is 0 Å². The molecule has 3 N–H and O–H groups in total. The van der Waals surface area contributed by atoms with Crippen LogP contribution in [0.5, 0.6) is 17.2 Å². The minimum Gasteiger partial charge on any atom is -0.508 e. The highest BCUT2D eigenvalue weighted by Crippen LogP contribution is 2.26. The maximum atomic E-state index is 10.1. The lowest BCUT2D eigenvalue weighted by Gasteiger charge is -2.09.